The van der Waals surface area contributed by atoms with Gasteiger partial charge in [-0.1, -0.05) is 31.5 Å². The van der Waals surface area contributed by atoms with Crippen molar-refractivity contribution in [3.05, 3.63) is 58.5 Å². The number of furan rings is 1. The lowest BCUT2D eigenvalue weighted by Crippen LogP contribution is -2.00. The standard InChI is InChI=1S/C14H13ClO2/c1-2-4-10-5-3-6-11(9-10)14(16)12-7-8-13(15)17-12/h3,5-9H,2,4H2,1H3. The molecule has 0 radical (unpaired) electrons. The molecule has 0 unspecified atom stereocenters. The first-order valence-corrected chi connectivity index (χ1v) is 5.97. The maximum absolute atomic E-state index is 12.1. The number of halogens is 1. The minimum absolute atomic E-state index is 0.130. The van der Waals surface area contributed by atoms with Crippen LogP contribution in [0, 0.1) is 0 Å². The summed E-state index contributed by atoms with van der Waals surface area (Å²) >= 11 is 5.65. The molecule has 0 amide bonds. The molecule has 0 saturated heterocycles. The molecule has 0 N–H and O–H groups in total. The Hall–Kier alpha value is -1.54. The van der Waals surface area contributed by atoms with E-state index in [1.807, 2.05) is 18.2 Å². The molecule has 1 aromatic heterocycles. The lowest BCUT2D eigenvalue weighted by Gasteiger charge is -2.02. The number of benzene rings is 1. The van der Waals surface area contributed by atoms with Crippen LogP contribution in [0.3, 0.4) is 0 Å². The largest absolute Gasteiger partial charge is 0.441 e. The topological polar surface area (TPSA) is 30.2 Å². The van der Waals surface area contributed by atoms with E-state index >= 15 is 0 Å². The van der Waals surface area contributed by atoms with E-state index in [4.69, 9.17) is 16.0 Å². The number of aryl methyl sites for hydroxylation is 1. The van der Waals surface area contributed by atoms with E-state index in [9.17, 15) is 4.79 Å². The van der Waals surface area contributed by atoms with Crippen LogP contribution in [0.5, 0.6) is 0 Å². The highest BCUT2D eigenvalue weighted by atomic mass is 35.5. The molecule has 88 valence electrons. The predicted molar refractivity (Wildman–Crippen MR) is 67.6 cm³/mol. The van der Waals surface area contributed by atoms with E-state index in [0.29, 0.717) is 5.56 Å². The highest BCUT2D eigenvalue weighted by Crippen LogP contribution is 2.18. The Bertz CT molecular complexity index is 529. The quantitative estimate of drug-likeness (QED) is 0.762. The van der Waals surface area contributed by atoms with Crippen LogP contribution in [0.4, 0.5) is 0 Å². The first-order valence-electron chi connectivity index (χ1n) is 5.59. The summed E-state index contributed by atoms with van der Waals surface area (Å²) in [6.07, 6.45) is 2.03. The maximum Gasteiger partial charge on any atom is 0.228 e. The van der Waals surface area contributed by atoms with Crippen LogP contribution >= 0.6 is 11.6 Å². The van der Waals surface area contributed by atoms with E-state index in [2.05, 4.69) is 6.92 Å². The lowest BCUT2D eigenvalue weighted by molar-refractivity contribution is 0.101. The average Bonchev–Trinajstić information content (AvgIpc) is 2.76. The van der Waals surface area contributed by atoms with Crippen molar-refractivity contribution < 1.29 is 9.21 Å². The summed E-state index contributed by atoms with van der Waals surface area (Å²) in [4.78, 5) is 12.1. The van der Waals surface area contributed by atoms with Crippen LogP contribution in [0.25, 0.3) is 0 Å². The molecule has 2 rings (SSSR count). The molecular weight excluding hydrogens is 236 g/mol. The molecular formula is C14H13ClO2. The molecule has 0 saturated carbocycles. The van der Waals surface area contributed by atoms with Crippen molar-refractivity contribution in [3.8, 4) is 0 Å². The van der Waals surface area contributed by atoms with E-state index in [0.717, 1.165) is 18.4 Å². The molecule has 2 nitrogen and oxygen atoms in total. The van der Waals surface area contributed by atoms with Crippen molar-refractivity contribution in [2.75, 3.05) is 0 Å². The van der Waals surface area contributed by atoms with Gasteiger partial charge in [-0.2, -0.15) is 0 Å². The van der Waals surface area contributed by atoms with E-state index < -0.39 is 0 Å². The lowest BCUT2D eigenvalue weighted by atomic mass is 10.0. The van der Waals surface area contributed by atoms with Crippen molar-refractivity contribution >= 4 is 17.4 Å². The minimum atomic E-state index is -0.130. The summed E-state index contributed by atoms with van der Waals surface area (Å²) in [5.41, 5.74) is 1.80. The third-order valence-electron chi connectivity index (χ3n) is 2.52. The van der Waals surface area contributed by atoms with Gasteiger partial charge in [0.2, 0.25) is 5.78 Å². The van der Waals surface area contributed by atoms with Crippen molar-refractivity contribution in [2.45, 2.75) is 19.8 Å². The predicted octanol–water partition coefficient (Wildman–Crippen LogP) is 4.12. The first kappa shape index (κ1) is 11.9. The number of carbonyl (C=O) groups is 1. The van der Waals surface area contributed by atoms with Crippen molar-refractivity contribution in [3.63, 3.8) is 0 Å². The van der Waals surface area contributed by atoms with Gasteiger partial charge in [-0.05, 0) is 41.8 Å². The van der Waals surface area contributed by atoms with E-state index in [-0.39, 0.29) is 16.8 Å². The Morgan fingerprint density at radius 1 is 1.29 bits per heavy atom. The van der Waals surface area contributed by atoms with Crippen molar-refractivity contribution in [1.82, 2.24) is 0 Å². The van der Waals surface area contributed by atoms with E-state index in [1.54, 1.807) is 18.2 Å². The summed E-state index contributed by atoms with van der Waals surface area (Å²) in [7, 11) is 0. The molecule has 1 aromatic carbocycles. The second kappa shape index (κ2) is 5.19. The minimum Gasteiger partial charge on any atom is -0.441 e. The second-order valence-electron chi connectivity index (χ2n) is 3.88. The fourth-order valence-electron chi connectivity index (χ4n) is 1.74. The first-order chi connectivity index (χ1) is 8.20. The maximum atomic E-state index is 12.1. The van der Waals surface area contributed by atoms with Crippen LogP contribution in [0.2, 0.25) is 5.22 Å². The Balaban J connectivity index is 2.27. The fraction of sp³-hybridized carbons (Fsp3) is 0.214. The third-order valence-corrected chi connectivity index (χ3v) is 2.73. The smallest absolute Gasteiger partial charge is 0.228 e. The van der Waals surface area contributed by atoms with Crippen LogP contribution in [0.1, 0.15) is 35.0 Å². The summed E-state index contributed by atoms with van der Waals surface area (Å²) in [6.45, 7) is 2.11. The summed E-state index contributed by atoms with van der Waals surface area (Å²) in [6, 6.07) is 10.8. The Morgan fingerprint density at radius 2 is 2.12 bits per heavy atom. The fourth-order valence-corrected chi connectivity index (χ4v) is 1.88. The van der Waals surface area contributed by atoms with Gasteiger partial charge < -0.3 is 4.42 Å². The van der Waals surface area contributed by atoms with Crippen molar-refractivity contribution in [1.29, 1.82) is 0 Å². The SMILES string of the molecule is CCCc1cccc(C(=O)c2ccc(Cl)o2)c1. The van der Waals surface area contributed by atoms with Gasteiger partial charge in [0.05, 0.1) is 0 Å². The zero-order chi connectivity index (χ0) is 12.3. The van der Waals surface area contributed by atoms with Gasteiger partial charge in [-0.25, -0.2) is 0 Å². The Kier molecular flexibility index (Phi) is 3.64. The van der Waals surface area contributed by atoms with Gasteiger partial charge in [0.15, 0.2) is 11.0 Å². The monoisotopic (exact) mass is 248 g/mol. The van der Waals surface area contributed by atoms with E-state index in [1.165, 1.54) is 0 Å². The summed E-state index contributed by atoms with van der Waals surface area (Å²) in [5, 5.41) is 0.234. The Morgan fingerprint density at radius 3 is 2.76 bits per heavy atom. The van der Waals surface area contributed by atoms with Gasteiger partial charge >= 0.3 is 0 Å². The number of carbonyl (C=O) groups excluding carboxylic acids is 1. The Labute approximate surface area is 105 Å². The van der Waals surface area contributed by atoms with Crippen LogP contribution in [-0.4, -0.2) is 5.78 Å². The number of rotatable bonds is 4. The zero-order valence-corrected chi connectivity index (χ0v) is 10.3. The molecule has 0 aliphatic rings. The van der Waals surface area contributed by atoms with Gasteiger partial charge in [0, 0.05) is 5.56 Å². The number of ketones is 1. The third kappa shape index (κ3) is 2.77. The molecule has 1 heterocycles. The molecule has 3 heteroatoms. The molecule has 2 aromatic rings. The molecule has 0 fully saturated rings. The summed E-state index contributed by atoms with van der Waals surface area (Å²) < 4.78 is 5.12. The molecule has 0 spiro atoms. The average molecular weight is 249 g/mol. The zero-order valence-electron chi connectivity index (χ0n) is 9.57. The number of hydrogen-bond acceptors (Lipinski definition) is 2. The molecule has 17 heavy (non-hydrogen) atoms. The van der Waals surface area contributed by atoms with Gasteiger partial charge in [0.25, 0.3) is 0 Å². The van der Waals surface area contributed by atoms with Gasteiger partial charge in [-0.3, -0.25) is 4.79 Å². The van der Waals surface area contributed by atoms with Crippen molar-refractivity contribution in [2.24, 2.45) is 0 Å². The molecule has 0 aliphatic carbocycles. The second-order valence-corrected chi connectivity index (χ2v) is 4.26. The normalized spacial score (nSPS) is 10.5. The van der Waals surface area contributed by atoms with Crippen LogP contribution in [0.15, 0.2) is 40.8 Å². The van der Waals surface area contributed by atoms with Gasteiger partial charge in [-0.15, -0.1) is 0 Å². The summed E-state index contributed by atoms with van der Waals surface area (Å²) in [5.74, 6) is 0.151. The highest BCUT2D eigenvalue weighted by molar-refractivity contribution is 6.29. The van der Waals surface area contributed by atoms with Gasteiger partial charge in [0.1, 0.15) is 0 Å². The number of hydrogen-bond donors (Lipinski definition) is 0. The molecule has 0 bridgehead atoms. The van der Waals surface area contributed by atoms with Crippen LogP contribution < -0.4 is 0 Å². The highest BCUT2D eigenvalue weighted by Gasteiger charge is 2.13. The van der Waals surface area contributed by atoms with Crippen LogP contribution in [-0.2, 0) is 6.42 Å². The molecule has 0 aliphatic heterocycles. The molecule has 0 atom stereocenters.